The molecule has 0 spiro atoms. The predicted octanol–water partition coefficient (Wildman–Crippen LogP) is 5.66. The van der Waals surface area contributed by atoms with Crippen LogP contribution in [0, 0.1) is 5.82 Å². The number of fused-ring (bicyclic) bond motifs is 6. The highest BCUT2D eigenvalue weighted by atomic mass is 19.1. The maximum Gasteiger partial charge on any atom is 0.231 e. The van der Waals surface area contributed by atoms with E-state index in [0.29, 0.717) is 18.8 Å². The molecular weight excluding hydrogens is 365 g/mol. The second-order valence-electron chi connectivity index (χ2n) is 8.25. The Kier molecular flexibility index (Phi) is 3.88. The Labute approximate surface area is 169 Å². The van der Waals surface area contributed by atoms with Crippen LogP contribution in [0.15, 0.2) is 60.7 Å². The molecule has 6 rings (SSSR count). The van der Waals surface area contributed by atoms with Gasteiger partial charge in [0.25, 0.3) is 0 Å². The van der Waals surface area contributed by atoms with E-state index in [2.05, 4.69) is 35.2 Å². The molecule has 0 saturated carbocycles. The Bertz CT molecular complexity index is 1080. The molecule has 3 aliphatic rings. The number of benzene rings is 3. The molecule has 2 atom stereocenters. The standard InChI is InChI=1S/C25H22FNO2/c26-20-5-2-17(3-6-20)18-4-7-21-19-9-10-27(23(13-19)22(21)12-18)14-16-1-8-24-25(11-16)29-15-28-24/h1-8,11-12,19,23H,9-10,13-15H2/t19-,23+/m1/s1. The van der Waals surface area contributed by atoms with Crippen LogP contribution >= 0.6 is 0 Å². The molecule has 0 radical (unpaired) electrons. The second kappa shape index (κ2) is 6.60. The fourth-order valence-electron chi connectivity index (χ4n) is 5.14. The summed E-state index contributed by atoms with van der Waals surface area (Å²) in [7, 11) is 0. The van der Waals surface area contributed by atoms with Crippen molar-refractivity contribution in [3.8, 4) is 22.6 Å². The number of hydrogen-bond acceptors (Lipinski definition) is 3. The highest BCUT2D eigenvalue weighted by Gasteiger charge is 2.38. The van der Waals surface area contributed by atoms with Crippen LogP contribution in [0.5, 0.6) is 11.5 Å². The van der Waals surface area contributed by atoms with E-state index in [1.165, 1.54) is 47.2 Å². The summed E-state index contributed by atoms with van der Waals surface area (Å²) in [5.74, 6) is 2.15. The Morgan fingerprint density at radius 1 is 0.862 bits per heavy atom. The van der Waals surface area contributed by atoms with Gasteiger partial charge in [-0.1, -0.05) is 30.3 Å². The topological polar surface area (TPSA) is 21.7 Å². The maximum absolute atomic E-state index is 13.3. The average molecular weight is 387 g/mol. The van der Waals surface area contributed by atoms with Crippen molar-refractivity contribution in [1.82, 2.24) is 4.90 Å². The molecule has 0 amide bonds. The van der Waals surface area contributed by atoms with Crippen molar-refractivity contribution in [2.75, 3.05) is 13.3 Å². The van der Waals surface area contributed by atoms with E-state index in [1.807, 2.05) is 18.2 Å². The number of likely N-dealkylation sites (tertiary alicyclic amines) is 1. The molecule has 3 nitrogen and oxygen atoms in total. The van der Waals surface area contributed by atoms with E-state index >= 15 is 0 Å². The van der Waals surface area contributed by atoms with Crippen LogP contribution in [0.1, 0.15) is 41.5 Å². The van der Waals surface area contributed by atoms with Crippen molar-refractivity contribution in [2.24, 2.45) is 0 Å². The molecule has 4 heteroatoms. The normalized spacial score (nSPS) is 22.0. The zero-order valence-corrected chi connectivity index (χ0v) is 16.1. The first-order valence-electron chi connectivity index (χ1n) is 10.3. The van der Waals surface area contributed by atoms with E-state index in [-0.39, 0.29) is 5.82 Å². The van der Waals surface area contributed by atoms with Crippen molar-refractivity contribution < 1.29 is 13.9 Å². The van der Waals surface area contributed by atoms with Gasteiger partial charge in [-0.05, 0) is 83.5 Å². The summed E-state index contributed by atoms with van der Waals surface area (Å²) in [6, 6.07) is 20.3. The van der Waals surface area contributed by atoms with Gasteiger partial charge < -0.3 is 9.47 Å². The molecule has 29 heavy (non-hydrogen) atoms. The first kappa shape index (κ1) is 17.0. The lowest BCUT2D eigenvalue weighted by Gasteiger charge is -2.33. The number of piperidine rings is 1. The van der Waals surface area contributed by atoms with E-state index in [9.17, 15) is 4.39 Å². The summed E-state index contributed by atoms with van der Waals surface area (Å²) >= 11 is 0. The van der Waals surface area contributed by atoms with Crippen LogP contribution in [0.3, 0.4) is 0 Å². The van der Waals surface area contributed by atoms with Crippen molar-refractivity contribution in [3.05, 3.63) is 83.2 Å². The number of rotatable bonds is 3. The Morgan fingerprint density at radius 3 is 2.59 bits per heavy atom. The summed E-state index contributed by atoms with van der Waals surface area (Å²) in [5, 5.41) is 0. The monoisotopic (exact) mass is 387 g/mol. The van der Waals surface area contributed by atoms with E-state index in [1.54, 1.807) is 0 Å². The van der Waals surface area contributed by atoms with Gasteiger partial charge in [-0.3, -0.25) is 4.90 Å². The molecule has 2 heterocycles. The van der Waals surface area contributed by atoms with Crippen molar-refractivity contribution in [1.29, 1.82) is 0 Å². The fraction of sp³-hybridized carbons (Fsp3) is 0.280. The number of ether oxygens (including phenoxy) is 2. The van der Waals surface area contributed by atoms with Gasteiger partial charge >= 0.3 is 0 Å². The minimum absolute atomic E-state index is 0.194. The van der Waals surface area contributed by atoms with E-state index in [0.717, 1.165) is 30.2 Å². The fourth-order valence-corrected chi connectivity index (χ4v) is 5.14. The van der Waals surface area contributed by atoms with Crippen LogP contribution in [-0.4, -0.2) is 18.2 Å². The summed E-state index contributed by atoms with van der Waals surface area (Å²) in [5.41, 5.74) is 6.43. The first-order chi connectivity index (χ1) is 14.2. The summed E-state index contributed by atoms with van der Waals surface area (Å²) in [4.78, 5) is 2.59. The van der Waals surface area contributed by atoms with Gasteiger partial charge in [-0.15, -0.1) is 0 Å². The minimum atomic E-state index is -0.194. The molecule has 2 aliphatic heterocycles. The third-order valence-electron chi connectivity index (χ3n) is 6.60. The lowest BCUT2D eigenvalue weighted by molar-refractivity contribution is 0.144. The number of halogens is 1. The molecule has 0 N–H and O–H groups in total. The molecule has 0 aromatic heterocycles. The van der Waals surface area contributed by atoms with Gasteiger partial charge in [-0.25, -0.2) is 4.39 Å². The molecule has 3 aromatic rings. The summed E-state index contributed by atoms with van der Waals surface area (Å²) < 4.78 is 24.3. The zero-order chi connectivity index (χ0) is 19.4. The highest BCUT2D eigenvalue weighted by molar-refractivity contribution is 5.66. The van der Waals surface area contributed by atoms with Gasteiger partial charge in [0.2, 0.25) is 6.79 Å². The Hall–Kier alpha value is -2.85. The van der Waals surface area contributed by atoms with Gasteiger partial charge in [0.05, 0.1) is 0 Å². The third kappa shape index (κ3) is 2.90. The van der Waals surface area contributed by atoms with Crippen LogP contribution < -0.4 is 9.47 Å². The molecule has 3 aromatic carbocycles. The zero-order valence-electron chi connectivity index (χ0n) is 16.1. The molecule has 1 saturated heterocycles. The van der Waals surface area contributed by atoms with Crippen LogP contribution in [0.2, 0.25) is 0 Å². The van der Waals surface area contributed by atoms with Crippen LogP contribution in [0.25, 0.3) is 11.1 Å². The van der Waals surface area contributed by atoms with Gasteiger partial charge in [-0.2, -0.15) is 0 Å². The molecule has 1 fully saturated rings. The first-order valence-corrected chi connectivity index (χ1v) is 10.3. The third-order valence-corrected chi connectivity index (χ3v) is 6.60. The number of nitrogens with zero attached hydrogens (tertiary/aromatic N) is 1. The number of hydrogen-bond donors (Lipinski definition) is 0. The lowest BCUT2D eigenvalue weighted by Crippen LogP contribution is -2.31. The predicted molar refractivity (Wildman–Crippen MR) is 110 cm³/mol. The largest absolute Gasteiger partial charge is 0.454 e. The SMILES string of the molecule is Fc1ccc(-c2ccc3c(c2)[C@@H]2C[C@H]3CCN2Cc2ccc3c(c2)OCO3)cc1. The summed E-state index contributed by atoms with van der Waals surface area (Å²) in [6.07, 6.45) is 2.39. The van der Waals surface area contributed by atoms with E-state index < -0.39 is 0 Å². The van der Waals surface area contributed by atoms with Crippen LogP contribution in [-0.2, 0) is 6.54 Å². The van der Waals surface area contributed by atoms with Crippen molar-refractivity contribution >= 4 is 0 Å². The average Bonchev–Trinajstić information content (AvgIpc) is 3.33. The highest BCUT2D eigenvalue weighted by Crippen LogP contribution is 2.50. The van der Waals surface area contributed by atoms with Gasteiger partial charge in [0.1, 0.15) is 5.82 Å². The quantitative estimate of drug-likeness (QED) is 0.579. The molecule has 1 aliphatic carbocycles. The molecule has 2 bridgehead atoms. The maximum atomic E-state index is 13.3. The Balaban J connectivity index is 1.31. The van der Waals surface area contributed by atoms with Crippen molar-refractivity contribution in [2.45, 2.75) is 31.3 Å². The van der Waals surface area contributed by atoms with Gasteiger partial charge in [0.15, 0.2) is 11.5 Å². The molecular formula is C25H22FNO2. The Morgan fingerprint density at radius 2 is 1.69 bits per heavy atom. The molecule has 146 valence electrons. The smallest absolute Gasteiger partial charge is 0.231 e. The minimum Gasteiger partial charge on any atom is -0.454 e. The van der Waals surface area contributed by atoms with Gasteiger partial charge in [0, 0.05) is 12.6 Å². The lowest BCUT2D eigenvalue weighted by atomic mass is 9.94. The summed E-state index contributed by atoms with van der Waals surface area (Å²) in [6.45, 7) is 2.32. The second-order valence-corrected chi connectivity index (χ2v) is 8.25. The van der Waals surface area contributed by atoms with E-state index in [4.69, 9.17) is 9.47 Å². The van der Waals surface area contributed by atoms with Crippen molar-refractivity contribution in [3.63, 3.8) is 0 Å². The molecule has 0 unspecified atom stereocenters. The van der Waals surface area contributed by atoms with Crippen LogP contribution in [0.4, 0.5) is 4.39 Å².